The summed E-state index contributed by atoms with van der Waals surface area (Å²) in [5.41, 5.74) is 2.30. The van der Waals surface area contributed by atoms with Gasteiger partial charge in [0.1, 0.15) is 23.9 Å². The normalized spacial score (nSPS) is 21.1. The van der Waals surface area contributed by atoms with Crippen LogP contribution in [0.15, 0.2) is 47.6 Å². The van der Waals surface area contributed by atoms with Gasteiger partial charge in [-0.2, -0.15) is 22.9 Å². The lowest BCUT2D eigenvalue weighted by molar-refractivity contribution is -0.147. The van der Waals surface area contributed by atoms with Crippen LogP contribution in [0.25, 0.3) is 0 Å². The van der Waals surface area contributed by atoms with Crippen molar-refractivity contribution in [3.8, 4) is 5.75 Å². The van der Waals surface area contributed by atoms with Gasteiger partial charge in [0.05, 0.1) is 30.0 Å². The fraction of sp³-hybridized carbons (Fsp3) is 0.525. The third kappa shape index (κ3) is 8.54. The molecule has 3 fully saturated rings. The first-order valence-electron chi connectivity index (χ1n) is 20.1. The average molecular weight is 822 g/mol. The molecule has 0 spiro atoms. The number of aliphatic hydroxyl groups is 1. The van der Waals surface area contributed by atoms with Crippen molar-refractivity contribution in [3.05, 3.63) is 70.8 Å². The van der Waals surface area contributed by atoms with E-state index in [4.69, 9.17) is 9.47 Å². The number of nitrogens with zero attached hydrogens (tertiary/aromatic N) is 8. The molecule has 0 aliphatic carbocycles. The number of amidine groups is 1. The highest BCUT2D eigenvalue weighted by Crippen LogP contribution is 2.36. The Morgan fingerprint density at radius 3 is 2.31 bits per heavy atom. The van der Waals surface area contributed by atoms with Crippen molar-refractivity contribution in [2.24, 2.45) is 5.10 Å². The fourth-order valence-electron chi connectivity index (χ4n) is 8.48. The van der Waals surface area contributed by atoms with E-state index < -0.39 is 47.9 Å². The Labute approximate surface area is 337 Å². The van der Waals surface area contributed by atoms with Gasteiger partial charge in [0, 0.05) is 65.1 Å². The van der Waals surface area contributed by atoms with Crippen molar-refractivity contribution >= 4 is 35.2 Å². The van der Waals surface area contributed by atoms with E-state index in [1.165, 1.54) is 5.56 Å². The molecule has 0 bridgehead atoms. The molecule has 5 aliphatic heterocycles. The first-order valence-corrected chi connectivity index (χ1v) is 20.1. The Kier molecular flexibility index (Phi) is 11.7. The number of hydrogen-bond acceptors (Lipinski definition) is 13. The van der Waals surface area contributed by atoms with Gasteiger partial charge in [-0.05, 0) is 67.9 Å². The number of carbonyl (C=O) groups is 4. The maximum absolute atomic E-state index is 13.5. The number of aliphatic hydroxyl groups excluding tert-OH is 1. The van der Waals surface area contributed by atoms with E-state index in [1.807, 2.05) is 21.9 Å². The number of fused-ring (bicyclic) bond motifs is 2. The molecule has 2 N–H and O–H groups in total. The number of ether oxygens (including phenoxy) is 2. The first kappa shape index (κ1) is 40.4. The molecule has 0 saturated carbocycles. The topological polar surface area (TPSA) is 175 Å². The van der Waals surface area contributed by atoms with E-state index in [1.54, 1.807) is 18.2 Å². The third-order valence-electron chi connectivity index (χ3n) is 11.7. The van der Waals surface area contributed by atoms with Gasteiger partial charge in [-0.3, -0.25) is 34.3 Å². The lowest BCUT2D eigenvalue weighted by atomic mass is 9.89. The molecule has 2 atom stereocenters. The van der Waals surface area contributed by atoms with Gasteiger partial charge >= 0.3 is 6.18 Å². The van der Waals surface area contributed by atoms with E-state index in [0.29, 0.717) is 82.8 Å². The summed E-state index contributed by atoms with van der Waals surface area (Å²) in [6, 6.07) is 12.1. The number of hydrogen-bond donors (Lipinski definition) is 2. The zero-order valence-corrected chi connectivity index (χ0v) is 32.4. The lowest BCUT2D eigenvalue weighted by Gasteiger charge is -2.38. The van der Waals surface area contributed by atoms with E-state index >= 15 is 0 Å². The van der Waals surface area contributed by atoms with Gasteiger partial charge in [0.15, 0.2) is 5.82 Å². The van der Waals surface area contributed by atoms with Crippen LogP contribution < -0.4 is 15.0 Å². The maximum Gasteiger partial charge on any atom is 0.453 e. The molecular weight excluding hydrogens is 775 g/mol. The Hall–Kier alpha value is -5.40. The number of imide groups is 2. The van der Waals surface area contributed by atoms with Crippen molar-refractivity contribution in [3.63, 3.8) is 0 Å². The number of rotatable bonds is 12. The Bertz CT molecular complexity index is 2090. The Balaban J connectivity index is 0.715. The van der Waals surface area contributed by atoms with Crippen LogP contribution in [-0.2, 0) is 26.9 Å². The molecule has 2 aromatic carbocycles. The second kappa shape index (κ2) is 17.1. The van der Waals surface area contributed by atoms with Crippen molar-refractivity contribution < 1.29 is 46.9 Å². The molecule has 3 aromatic rings. The van der Waals surface area contributed by atoms with Gasteiger partial charge in [-0.25, -0.2) is 0 Å². The van der Waals surface area contributed by atoms with Gasteiger partial charge < -0.3 is 24.4 Å². The largest absolute Gasteiger partial charge is 0.494 e. The number of piperidine rings is 2. The summed E-state index contributed by atoms with van der Waals surface area (Å²) < 4.78 is 52.6. The van der Waals surface area contributed by atoms with Gasteiger partial charge in [-0.1, -0.05) is 18.2 Å². The minimum absolute atomic E-state index is 0.0535. The van der Waals surface area contributed by atoms with E-state index in [-0.39, 0.29) is 36.4 Å². The molecule has 19 heteroatoms. The van der Waals surface area contributed by atoms with Crippen LogP contribution in [0.3, 0.4) is 0 Å². The average Bonchev–Trinajstić information content (AvgIpc) is 3.79. The van der Waals surface area contributed by atoms with E-state index in [2.05, 4.69) is 37.6 Å². The molecule has 16 nitrogen and oxygen atoms in total. The van der Waals surface area contributed by atoms with Crippen molar-refractivity contribution in [2.45, 2.75) is 75.7 Å². The number of halogens is 3. The molecule has 5 aliphatic rings. The number of nitrogens with one attached hydrogen (secondary N) is 1. The number of likely N-dealkylation sites (tertiary alicyclic amines) is 1. The number of aryl methyl sites for hydroxylation is 1. The summed E-state index contributed by atoms with van der Waals surface area (Å²) in [4.78, 5) is 57.8. The quantitative estimate of drug-likeness (QED) is 0.202. The second-order valence-corrected chi connectivity index (χ2v) is 15.4. The zero-order chi connectivity index (χ0) is 41.3. The summed E-state index contributed by atoms with van der Waals surface area (Å²) >= 11 is 0. The van der Waals surface area contributed by atoms with Crippen LogP contribution >= 0.6 is 0 Å². The van der Waals surface area contributed by atoms with Gasteiger partial charge in [0.25, 0.3) is 17.6 Å². The highest BCUT2D eigenvalue weighted by Gasteiger charge is 2.46. The minimum atomic E-state index is -4.61. The molecule has 0 radical (unpaired) electrons. The maximum atomic E-state index is 13.5. The predicted octanol–water partition coefficient (Wildman–Crippen LogP) is 3.00. The number of anilines is 1. The van der Waals surface area contributed by atoms with Crippen LogP contribution in [0.4, 0.5) is 18.9 Å². The number of piperazine rings is 1. The number of carbonyl (C=O) groups excluding carboxylic acids is 4. The van der Waals surface area contributed by atoms with Crippen LogP contribution in [0.2, 0.25) is 0 Å². The fourth-order valence-corrected chi connectivity index (χ4v) is 8.48. The molecule has 314 valence electrons. The second-order valence-electron chi connectivity index (χ2n) is 15.4. The molecule has 3 saturated heterocycles. The molecule has 6 heterocycles. The molecule has 1 aromatic heterocycles. The van der Waals surface area contributed by atoms with Crippen LogP contribution in [-0.4, -0.2) is 136 Å². The van der Waals surface area contributed by atoms with Gasteiger partial charge in [-0.15, -0.1) is 10.2 Å². The van der Waals surface area contributed by atoms with Crippen molar-refractivity contribution in [1.29, 1.82) is 0 Å². The Morgan fingerprint density at radius 2 is 1.58 bits per heavy atom. The number of amides is 4. The van der Waals surface area contributed by atoms with Crippen LogP contribution in [0, 0.1) is 0 Å². The van der Waals surface area contributed by atoms with E-state index in [0.717, 1.165) is 41.0 Å². The third-order valence-corrected chi connectivity index (χ3v) is 11.7. The highest BCUT2D eigenvalue weighted by molar-refractivity contribution is 6.25. The Morgan fingerprint density at radius 1 is 0.831 bits per heavy atom. The predicted molar refractivity (Wildman–Crippen MR) is 205 cm³/mol. The molecule has 4 amide bonds. The number of benzene rings is 2. The van der Waals surface area contributed by atoms with Crippen LogP contribution in [0.5, 0.6) is 5.75 Å². The summed E-state index contributed by atoms with van der Waals surface area (Å²) in [5, 5.41) is 24.3. The smallest absolute Gasteiger partial charge is 0.453 e. The minimum Gasteiger partial charge on any atom is -0.494 e. The number of aromatic nitrogens is 3. The summed E-state index contributed by atoms with van der Waals surface area (Å²) in [5.74, 6) is -1.28. The summed E-state index contributed by atoms with van der Waals surface area (Å²) in [6.45, 7) is 4.56. The van der Waals surface area contributed by atoms with Crippen LogP contribution in [0.1, 0.15) is 88.8 Å². The number of unbranched alkanes of at least 4 members (excludes halogenated alkanes) is 1. The first-order chi connectivity index (χ1) is 28.5. The molecule has 59 heavy (non-hydrogen) atoms. The summed E-state index contributed by atoms with van der Waals surface area (Å²) in [6.07, 6.45) is -1.13. The SMILES string of the molecule is O=C1CCC(N2C(=O)c3cccc(N4CCN(C(O)COCCCCOc5ccc(C6CCN(C7=Nn8c(nnc8C(F)(F)F)CC7)CC6)cc5)CC4)c3C2=O)C(=O)N1. The molecule has 8 rings (SSSR count). The highest BCUT2D eigenvalue weighted by atomic mass is 19.4. The van der Waals surface area contributed by atoms with Crippen molar-refractivity contribution in [1.82, 2.24) is 34.9 Å². The number of alkyl halides is 3. The van der Waals surface area contributed by atoms with Crippen molar-refractivity contribution in [2.75, 3.05) is 64.0 Å². The van der Waals surface area contributed by atoms with Gasteiger partial charge in [0.2, 0.25) is 11.8 Å². The molecule has 2 unspecified atom stereocenters. The lowest BCUT2D eigenvalue weighted by Crippen LogP contribution is -2.54. The zero-order valence-electron chi connectivity index (χ0n) is 32.4. The summed E-state index contributed by atoms with van der Waals surface area (Å²) in [7, 11) is 0. The monoisotopic (exact) mass is 821 g/mol. The standard InChI is InChI=1S/C40H46F3N9O7/c41-40(42,43)39-46-45-31-11-12-32(47-52(31)39)49-16-14-26(15-17-49)25-6-8-27(9-7-25)59-23-2-1-22-58-24-34(54)50-20-18-48(19-21-50)29-5-3-4-28-35(29)38(57)51(37(28)56)30-10-13-33(53)44-36(30)55/h3-9,26,30,34,54H,1-2,10-24H2,(H,44,53,55). The van der Waals surface area contributed by atoms with E-state index in [9.17, 15) is 37.5 Å². The molecular formula is C40H46F3N9O7.